The first kappa shape index (κ1) is 13.4. The molecule has 1 aromatic heterocycles. The highest BCUT2D eigenvalue weighted by atomic mass is 32.1. The number of hydrogen-bond donors (Lipinski definition) is 1. The number of rotatable bonds is 8. The number of aliphatic hydroxyl groups excluding tert-OH is 1. The van der Waals surface area contributed by atoms with E-state index in [1.165, 1.54) is 11.5 Å². The molecule has 1 rings (SSSR count). The molecule has 0 aliphatic heterocycles. The fourth-order valence-electron chi connectivity index (χ4n) is 1.46. The molecule has 5 heteroatoms. The summed E-state index contributed by atoms with van der Waals surface area (Å²) in [5, 5.41) is 9.68. The second kappa shape index (κ2) is 7.57. The molecule has 0 saturated heterocycles. The van der Waals surface area contributed by atoms with Gasteiger partial charge in [0.1, 0.15) is 5.82 Å². The molecule has 92 valence electrons. The highest BCUT2D eigenvalue weighted by molar-refractivity contribution is 7.09. The first-order chi connectivity index (χ1) is 7.77. The molecule has 0 aromatic carbocycles. The second-order valence-corrected chi connectivity index (χ2v) is 4.68. The molecule has 0 fully saturated rings. The summed E-state index contributed by atoms with van der Waals surface area (Å²) in [4.78, 5) is 6.63. The van der Waals surface area contributed by atoms with Gasteiger partial charge in [0.15, 0.2) is 0 Å². The number of anilines is 1. The van der Waals surface area contributed by atoms with Crippen LogP contribution in [0.3, 0.4) is 0 Å². The van der Waals surface area contributed by atoms with E-state index >= 15 is 0 Å². The molecular weight excluding hydrogens is 222 g/mol. The number of aromatic nitrogens is 2. The van der Waals surface area contributed by atoms with Crippen LogP contribution < -0.4 is 4.90 Å². The summed E-state index contributed by atoms with van der Waals surface area (Å²) in [7, 11) is 2.05. The van der Waals surface area contributed by atoms with Crippen LogP contribution in [0, 0.1) is 0 Å². The van der Waals surface area contributed by atoms with Crippen molar-refractivity contribution in [1.29, 1.82) is 0 Å². The van der Waals surface area contributed by atoms with Crippen molar-refractivity contribution in [2.24, 2.45) is 0 Å². The van der Waals surface area contributed by atoms with Crippen LogP contribution in [0.4, 0.5) is 5.13 Å². The van der Waals surface area contributed by atoms with Gasteiger partial charge in [-0.05, 0) is 25.7 Å². The molecular formula is C11H21N3OS. The number of aryl methyl sites for hydroxylation is 1. The summed E-state index contributed by atoms with van der Waals surface area (Å²) in [6, 6.07) is 0. The number of aliphatic hydroxyl groups is 1. The van der Waals surface area contributed by atoms with Crippen molar-refractivity contribution in [3.63, 3.8) is 0 Å². The molecule has 1 aromatic rings. The first-order valence-electron chi connectivity index (χ1n) is 5.92. The van der Waals surface area contributed by atoms with E-state index < -0.39 is 0 Å². The van der Waals surface area contributed by atoms with Crippen LogP contribution in [0.2, 0.25) is 0 Å². The van der Waals surface area contributed by atoms with Gasteiger partial charge in [0.2, 0.25) is 5.13 Å². The lowest BCUT2D eigenvalue weighted by molar-refractivity contribution is 0.283. The highest BCUT2D eigenvalue weighted by Gasteiger charge is 2.07. The summed E-state index contributed by atoms with van der Waals surface area (Å²) < 4.78 is 4.32. The third-order valence-electron chi connectivity index (χ3n) is 2.41. The van der Waals surface area contributed by atoms with Gasteiger partial charge < -0.3 is 10.0 Å². The molecule has 0 atom stereocenters. The predicted octanol–water partition coefficient (Wildman–Crippen LogP) is 2.09. The summed E-state index contributed by atoms with van der Waals surface area (Å²) >= 11 is 1.48. The standard InChI is InChI=1S/C11H21N3OS/c1-3-7-10-12-11(16-13-10)14(2)8-5-4-6-9-15/h15H,3-9H2,1-2H3. The maximum absolute atomic E-state index is 8.68. The molecule has 0 bridgehead atoms. The molecule has 0 saturated carbocycles. The van der Waals surface area contributed by atoms with Gasteiger partial charge in [0.05, 0.1) is 0 Å². The molecule has 0 amide bonds. The Morgan fingerprint density at radius 1 is 1.31 bits per heavy atom. The van der Waals surface area contributed by atoms with Gasteiger partial charge in [-0.2, -0.15) is 4.37 Å². The summed E-state index contributed by atoms with van der Waals surface area (Å²) in [5.41, 5.74) is 0. The predicted molar refractivity (Wildman–Crippen MR) is 68.1 cm³/mol. The second-order valence-electron chi connectivity index (χ2n) is 3.95. The fraction of sp³-hybridized carbons (Fsp3) is 0.818. The largest absolute Gasteiger partial charge is 0.396 e. The number of nitrogens with zero attached hydrogens (tertiary/aromatic N) is 3. The zero-order valence-electron chi connectivity index (χ0n) is 10.1. The van der Waals surface area contributed by atoms with Crippen molar-refractivity contribution in [2.45, 2.75) is 39.0 Å². The van der Waals surface area contributed by atoms with Crippen molar-refractivity contribution >= 4 is 16.7 Å². The van der Waals surface area contributed by atoms with Crippen molar-refractivity contribution in [3.05, 3.63) is 5.82 Å². The summed E-state index contributed by atoms with van der Waals surface area (Å²) in [6.45, 7) is 3.42. The Labute approximate surface area is 101 Å². The van der Waals surface area contributed by atoms with Gasteiger partial charge in [0, 0.05) is 38.2 Å². The lowest BCUT2D eigenvalue weighted by Crippen LogP contribution is -2.18. The van der Waals surface area contributed by atoms with E-state index in [0.29, 0.717) is 6.61 Å². The van der Waals surface area contributed by atoms with E-state index in [2.05, 4.69) is 28.2 Å². The van der Waals surface area contributed by atoms with Gasteiger partial charge in [-0.15, -0.1) is 0 Å². The van der Waals surface area contributed by atoms with Gasteiger partial charge in [0.25, 0.3) is 0 Å². The molecule has 4 nitrogen and oxygen atoms in total. The van der Waals surface area contributed by atoms with E-state index in [1.54, 1.807) is 0 Å². The van der Waals surface area contributed by atoms with Crippen LogP contribution in [0.25, 0.3) is 0 Å². The molecule has 16 heavy (non-hydrogen) atoms. The van der Waals surface area contributed by atoms with E-state index in [1.807, 2.05) is 0 Å². The van der Waals surface area contributed by atoms with Crippen LogP contribution >= 0.6 is 11.5 Å². The van der Waals surface area contributed by atoms with Crippen molar-refractivity contribution in [2.75, 3.05) is 25.1 Å². The van der Waals surface area contributed by atoms with Gasteiger partial charge in [-0.25, -0.2) is 4.98 Å². The topological polar surface area (TPSA) is 49.2 Å². The monoisotopic (exact) mass is 243 g/mol. The summed E-state index contributed by atoms with van der Waals surface area (Å²) in [5.74, 6) is 0.963. The Morgan fingerprint density at radius 2 is 2.12 bits per heavy atom. The Morgan fingerprint density at radius 3 is 2.81 bits per heavy atom. The van der Waals surface area contributed by atoms with Gasteiger partial charge in [-0.1, -0.05) is 6.92 Å². The third-order valence-corrected chi connectivity index (χ3v) is 3.28. The van der Waals surface area contributed by atoms with Crippen molar-refractivity contribution in [3.8, 4) is 0 Å². The maximum atomic E-state index is 8.68. The van der Waals surface area contributed by atoms with E-state index in [0.717, 1.165) is 49.6 Å². The Balaban J connectivity index is 2.31. The normalized spacial score (nSPS) is 10.7. The Bertz CT molecular complexity index is 291. The molecule has 1 heterocycles. The SMILES string of the molecule is CCCc1nsc(N(C)CCCCCO)n1. The molecule has 0 unspecified atom stereocenters. The van der Waals surface area contributed by atoms with Crippen LogP contribution in [-0.2, 0) is 6.42 Å². The third kappa shape index (κ3) is 4.45. The van der Waals surface area contributed by atoms with Gasteiger partial charge >= 0.3 is 0 Å². The minimum absolute atomic E-state index is 0.295. The first-order valence-corrected chi connectivity index (χ1v) is 6.69. The average Bonchev–Trinajstić information content (AvgIpc) is 2.73. The average molecular weight is 243 g/mol. The molecule has 0 radical (unpaired) electrons. The van der Waals surface area contributed by atoms with Crippen molar-refractivity contribution in [1.82, 2.24) is 9.36 Å². The lowest BCUT2D eigenvalue weighted by Gasteiger charge is -2.14. The quantitative estimate of drug-likeness (QED) is 0.710. The van der Waals surface area contributed by atoms with E-state index in [4.69, 9.17) is 5.11 Å². The Hall–Kier alpha value is -0.680. The van der Waals surface area contributed by atoms with E-state index in [9.17, 15) is 0 Å². The molecule has 0 spiro atoms. The number of unbranched alkanes of at least 4 members (excludes halogenated alkanes) is 2. The zero-order valence-corrected chi connectivity index (χ0v) is 11.0. The zero-order chi connectivity index (χ0) is 11.8. The molecule has 1 N–H and O–H groups in total. The number of hydrogen-bond acceptors (Lipinski definition) is 5. The molecule has 0 aliphatic rings. The highest BCUT2D eigenvalue weighted by Crippen LogP contribution is 2.16. The summed E-state index contributed by atoms with van der Waals surface area (Å²) in [6.07, 6.45) is 5.12. The fourth-order valence-corrected chi connectivity index (χ4v) is 2.15. The smallest absolute Gasteiger partial charge is 0.204 e. The molecule has 0 aliphatic carbocycles. The maximum Gasteiger partial charge on any atom is 0.204 e. The van der Waals surface area contributed by atoms with E-state index in [-0.39, 0.29) is 0 Å². The Kier molecular flexibility index (Phi) is 6.33. The van der Waals surface area contributed by atoms with Crippen LogP contribution in [0.1, 0.15) is 38.4 Å². The van der Waals surface area contributed by atoms with Gasteiger partial charge in [-0.3, -0.25) is 0 Å². The van der Waals surface area contributed by atoms with Crippen LogP contribution in [0.5, 0.6) is 0 Å². The van der Waals surface area contributed by atoms with Crippen molar-refractivity contribution < 1.29 is 5.11 Å². The lowest BCUT2D eigenvalue weighted by atomic mass is 10.2. The minimum atomic E-state index is 0.295. The minimum Gasteiger partial charge on any atom is -0.396 e. The van der Waals surface area contributed by atoms with Crippen LogP contribution in [-0.4, -0.2) is 34.7 Å². The van der Waals surface area contributed by atoms with Crippen LogP contribution in [0.15, 0.2) is 0 Å².